The third kappa shape index (κ3) is 5.72. The third-order valence-electron chi connectivity index (χ3n) is 6.43. The van der Waals surface area contributed by atoms with E-state index >= 15 is 0 Å². The smallest absolute Gasteiger partial charge is 0.126 e. The lowest BCUT2D eigenvalue weighted by Gasteiger charge is -2.38. The largest absolute Gasteiger partial charge is 0.385 e. The molecule has 2 rings (SSSR count). The van der Waals surface area contributed by atoms with Gasteiger partial charge in [0.25, 0.3) is 0 Å². The van der Waals surface area contributed by atoms with Gasteiger partial charge in [-0.1, -0.05) is 20.8 Å². The number of piperidine rings is 1. The minimum atomic E-state index is -0.312. The predicted octanol–water partition coefficient (Wildman–Crippen LogP) is 2.81. The van der Waals surface area contributed by atoms with Gasteiger partial charge in [-0.2, -0.15) is 0 Å². The number of aliphatic hydroxyl groups is 1. The molecule has 0 unspecified atom stereocenters. The number of nitrogens with one attached hydrogen (secondary N) is 1. The van der Waals surface area contributed by atoms with Crippen LogP contribution in [0.3, 0.4) is 0 Å². The second-order valence-corrected chi connectivity index (χ2v) is 9.34. The number of likely N-dealkylation sites (tertiary alicyclic amines) is 1. The normalized spacial score (nSPS) is 35.2. The standard InChI is InChI=1S/C20H39NO2/c1-15-7-6-8-16(2)21(15)13-18(22)14-23-19-11-9-17(10-12-19)20(3,4)5/h15-19,22H,6-14H2,1-5H3/p+1/t15-,16-,17?,18+,19?/m1/s1. The number of aliphatic hydroxyl groups excluding tert-OH is 1. The molecule has 0 amide bonds. The molecule has 0 radical (unpaired) electrons. The van der Waals surface area contributed by atoms with Gasteiger partial charge in [-0.25, -0.2) is 0 Å². The van der Waals surface area contributed by atoms with E-state index in [1.165, 1.54) is 32.1 Å². The highest BCUT2D eigenvalue weighted by molar-refractivity contribution is 4.81. The summed E-state index contributed by atoms with van der Waals surface area (Å²) in [4.78, 5) is 1.57. The van der Waals surface area contributed by atoms with Crippen molar-refractivity contribution in [3.63, 3.8) is 0 Å². The molecular formula is C20H40NO2+. The first-order valence-electron chi connectivity index (χ1n) is 9.92. The topological polar surface area (TPSA) is 33.9 Å². The summed E-state index contributed by atoms with van der Waals surface area (Å²) in [5.74, 6) is 0.826. The molecule has 3 heteroatoms. The zero-order chi connectivity index (χ0) is 17.0. The number of quaternary nitrogens is 1. The lowest BCUT2D eigenvalue weighted by molar-refractivity contribution is -0.954. The summed E-state index contributed by atoms with van der Waals surface area (Å²) in [5.41, 5.74) is 0.425. The highest BCUT2D eigenvalue weighted by atomic mass is 16.5. The van der Waals surface area contributed by atoms with Crippen LogP contribution in [0.5, 0.6) is 0 Å². The molecule has 1 saturated carbocycles. The Morgan fingerprint density at radius 3 is 2.09 bits per heavy atom. The van der Waals surface area contributed by atoms with E-state index in [1.54, 1.807) is 4.90 Å². The van der Waals surface area contributed by atoms with Gasteiger partial charge in [0.2, 0.25) is 0 Å². The van der Waals surface area contributed by atoms with E-state index in [0.717, 1.165) is 25.3 Å². The van der Waals surface area contributed by atoms with Crippen LogP contribution in [0.15, 0.2) is 0 Å². The molecule has 1 aliphatic heterocycles. The molecule has 136 valence electrons. The molecule has 0 aromatic rings. The summed E-state index contributed by atoms with van der Waals surface area (Å²) in [7, 11) is 0. The molecule has 23 heavy (non-hydrogen) atoms. The summed E-state index contributed by atoms with van der Waals surface area (Å²) in [6, 6.07) is 1.35. The van der Waals surface area contributed by atoms with Crippen molar-refractivity contribution in [2.75, 3.05) is 13.2 Å². The Bertz CT molecular complexity index is 334. The van der Waals surface area contributed by atoms with Gasteiger partial charge in [0.05, 0.1) is 24.8 Å². The van der Waals surface area contributed by atoms with E-state index in [9.17, 15) is 5.11 Å². The molecule has 1 aliphatic carbocycles. The summed E-state index contributed by atoms with van der Waals surface area (Å²) in [6.45, 7) is 13.1. The summed E-state index contributed by atoms with van der Waals surface area (Å²) < 4.78 is 6.05. The molecule has 2 fully saturated rings. The van der Waals surface area contributed by atoms with E-state index < -0.39 is 0 Å². The maximum absolute atomic E-state index is 10.4. The zero-order valence-electron chi connectivity index (χ0n) is 16.1. The fraction of sp³-hybridized carbons (Fsp3) is 1.00. The van der Waals surface area contributed by atoms with Gasteiger partial charge in [0.15, 0.2) is 0 Å². The van der Waals surface area contributed by atoms with Crippen LogP contribution < -0.4 is 4.90 Å². The van der Waals surface area contributed by atoms with Crippen LogP contribution in [0.1, 0.15) is 79.6 Å². The van der Waals surface area contributed by atoms with Gasteiger partial charge in [0.1, 0.15) is 12.6 Å². The number of rotatable bonds is 5. The average molecular weight is 327 g/mol. The Hall–Kier alpha value is -0.120. The quantitative estimate of drug-likeness (QED) is 0.814. The van der Waals surface area contributed by atoms with Gasteiger partial charge in [-0.05, 0) is 70.1 Å². The van der Waals surface area contributed by atoms with Crippen molar-refractivity contribution < 1.29 is 14.7 Å². The molecule has 0 aromatic heterocycles. The Kier molecular flexibility index (Phi) is 6.94. The van der Waals surface area contributed by atoms with Crippen molar-refractivity contribution in [1.29, 1.82) is 0 Å². The van der Waals surface area contributed by atoms with Crippen molar-refractivity contribution in [3.8, 4) is 0 Å². The summed E-state index contributed by atoms with van der Waals surface area (Å²) >= 11 is 0. The van der Waals surface area contributed by atoms with E-state index in [1.807, 2.05) is 0 Å². The zero-order valence-corrected chi connectivity index (χ0v) is 16.1. The van der Waals surface area contributed by atoms with Crippen LogP contribution in [0.25, 0.3) is 0 Å². The second-order valence-electron chi connectivity index (χ2n) is 9.34. The molecule has 0 aromatic carbocycles. The molecule has 3 atom stereocenters. The van der Waals surface area contributed by atoms with Crippen molar-refractivity contribution in [2.45, 2.75) is 104 Å². The van der Waals surface area contributed by atoms with E-state index in [4.69, 9.17) is 4.74 Å². The van der Waals surface area contributed by atoms with Crippen molar-refractivity contribution in [2.24, 2.45) is 11.3 Å². The number of hydrogen-bond donors (Lipinski definition) is 2. The molecule has 2 aliphatic rings. The Morgan fingerprint density at radius 2 is 1.57 bits per heavy atom. The molecular weight excluding hydrogens is 286 g/mol. The number of ether oxygens (including phenoxy) is 1. The Labute approximate surface area is 143 Å². The van der Waals surface area contributed by atoms with E-state index in [0.29, 0.717) is 30.2 Å². The van der Waals surface area contributed by atoms with Crippen LogP contribution in [0.2, 0.25) is 0 Å². The molecule has 1 heterocycles. The minimum Gasteiger partial charge on any atom is -0.385 e. The van der Waals surface area contributed by atoms with Gasteiger partial charge >= 0.3 is 0 Å². The fourth-order valence-electron chi connectivity index (χ4n) is 4.66. The minimum absolute atomic E-state index is 0.312. The SMILES string of the molecule is C[C@@H]1CCC[C@@H](C)[NH+]1C[C@H](O)COC1CCC(C(C)(C)C)CC1. The maximum Gasteiger partial charge on any atom is 0.126 e. The van der Waals surface area contributed by atoms with Crippen LogP contribution in [-0.4, -0.2) is 42.5 Å². The lowest BCUT2D eigenvalue weighted by atomic mass is 9.72. The third-order valence-corrected chi connectivity index (χ3v) is 6.43. The van der Waals surface area contributed by atoms with Crippen LogP contribution in [0, 0.1) is 11.3 Å². The van der Waals surface area contributed by atoms with Gasteiger partial charge in [-0.3, -0.25) is 0 Å². The second kappa shape index (κ2) is 8.31. The molecule has 3 nitrogen and oxygen atoms in total. The van der Waals surface area contributed by atoms with Crippen LogP contribution in [-0.2, 0) is 4.74 Å². The molecule has 2 N–H and O–H groups in total. The Morgan fingerprint density at radius 1 is 1.00 bits per heavy atom. The first-order valence-corrected chi connectivity index (χ1v) is 9.92. The van der Waals surface area contributed by atoms with Crippen LogP contribution in [0.4, 0.5) is 0 Å². The Balaban J connectivity index is 1.68. The predicted molar refractivity (Wildman–Crippen MR) is 95.8 cm³/mol. The number of hydrogen-bond acceptors (Lipinski definition) is 2. The average Bonchev–Trinajstić information content (AvgIpc) is 2.48. The first kappa shape index (κ1) is 19.2. The highest BCUT2D eigenvalue weighted by Gasteiger charge is 2.32. The van der Waals surface area contributed by atoms with Crippen LogP contribution >= 0.6 is 0 Å². The maximum atomic E-state index is 10.4. The van der Waals surface area contributed by atoms with Gasteiger partial charge in [0, 0.05) is 0 Å². The van der Waals surface area contributed by atoms with E-state index in [2.05, 4.69) is 34.6 Å². The van der Waals surface area contributed by atoms with Gasteiger partial charge in [-0.15, -0.1) is 0 Å². The molecule has 0 bridgehead atoms. The molecule has 0 spiro atoms. The van der Waals surface area contributed by atoms with Crippen molar-refractivity contribution >= 4 is 0 Å². The van der Waals surface area contributed by atoms with Crippen molar-refractivity contribution in [1.82, 2.24) is 0 Å². The van der Waals surface area contributed by atoms with Gasteiger partial charge < -0.3 is 14.7 Å². The summed E-state index contributed by atoms with van der Waals surface area (Å²) in [5, 5.41) is 10.4. The van der Waals surface area contributed by atoms with E-state index in [-0.39, 0.29) is 6.10 Å². The highest BCUT2D eigenvalue weighted by Crippen LogP contribution is 2.38. The summed E-state index contributed by atoms with van der Waals surface area (Å²) in [6.07, 6.45) is 8.87. The fourth-order valence-corrected chi connectivity index (χ4v) is 4.66. The first-order chi connectivity index (χ1) is 10.8. The molecule has 1 saturated heterocycles. The monoisotopic (exact) mass is 326 g/mol. The van der Waals surface area contributed by atoms with Crippen molar-refractivity contribution in [3.05, 3.63) is 0 Å². The lowest BCUT2D eigenvalue weighted by Crippen LogP contribution is -3.20.